The van der Waals surface area contributed by atoms with Crippen LogP contribution in [0.5, 0.6) is 0 Å². The zero-order chi connectivity index (χ0) is 15.3. The molecule has 1 nitrogen and oxygen atoms in total. The van der Waals surface area contributed by atoms with E-state index in [-0.39, 0.29) is 0 Å². The van der Waals surface area contributed by atoms with Crippen molar-refractivity contribution >= 4 is 6.92 Å². The first kappa shape index (κ1) is 15.3. The van der Waals surface area contributed by atoms with Crippen LogP contribution >= 0.6 is 0 Å². The van der Waals surface area contributed by atoms with Crippen LogP contribution in [0.3, 0.4) is 0 Å². The molecular formula is C20H33BO. The fourth-order valence-electron chi connectivity index (χ4n) is 6.21. The standard InChI is InChI=1S/C20H33BO/c1-4-5-10-22-21(19-13(2)6-8-15-11-17(15)19)20-14(3)7-9-16-12-18(16)20/h4-5,13-20H,6-12H2,1-3H3/b5-4+/t13-,14-,15-,16-,17+,18+,19+,20+/m0/s1. The van der Waals surface area contributed by atoms with Gasteiger partial charge in [-0.3, -0.25) is 0 Å². The predicted octanol–water partition coefficient (Wildman–Crippen LogP) is 5.44. The highest BCUT2D eigenvalue weighted by atomic mass is 16.4. The fourth-order valence-corrected chi connectivity index (χ4v) is 6.21. The van der Waals surface area contributed by atoms with Gasteiger partial charge in [0, 0.05) is 6.61 Å². The number of fused-ring (bicyclic) bond motifs is 2. The van der Waals surface area contributed by atoms with Crippen molar-refractivity contribution in [3.63, 3.8) is 0 Å². The molecule has 0 heterocycles. The summed E-state index contributed by atoms with van der Waals surface area (Å²) in [4.78, 5) is 0. The second-order valence-corrected chi connectivity index (χ2v) is 8.95. The molecule has 4 fully saturated rings. The first-order valence-corrected chi connectivity index (χ1v) is 9.93. The van der Waals surface area contributed by atoms with Crippen molar-refractivity contribution in [3.8, 4) is 0 Å². The van der Waals surface area contributed by atoms with Gasteiger partial charge in [0.2, 0.25) is 0 Å². The van der Waals surface area contributed by atoms with Gasteiger partial charge in [0.15, 0.2) is 0 Å². The van der Waals surface area contributed by atoms with E-state index < -0.39 is 0 Å². The van der Waals surface area contributed by atoms with Crippen LogP contribution in [0, 0.1) is 35.5 Å². The van der Waals surface area contributed by atoms with Gasteiger partial charge in [0.1, 0.15) is 0 Å². The van der Waals surface area contributed by atoms with Crippen molar-refractivity contribution in [1.82, 2.24) is 0 Å². The van der Waals surface area contributed by atoms with Gasteiger partial charge in [-0.15, -0.1) is 0 Å². The molecule has 0 radical (unpaired) electrons. The Morgan fingerprint density at radius 1 is 0.909 bits per heavy atom. The Kier molecular flexibility index (Phi) is 4.17. The largest absolute Gasteiger partial charge is 0.432 e. The van der Waals surface area contributed by atoms with Crippen LogP contribution < -0.4 is 0 Å². The summed E-state index contributed by atoms with van der Waals surface area (Å²) in [6, 6.07) is 0. The molecule has 0 amide bonds. The Morgan fingerprint density at radius 3 is 1.95 bits per heavy atom. The summed E-state index contributed by atoms with van der Waals surface area (Å²) in [6.45, 7) is 8.53. The molecule has 0 saturated heterocycles. The summed E-state index contributed by atoms with van der Waals surface area (Å²) < 4.78 is 6.61. The zero-order valence-corrected chi connectivity index (χ0v) is 14.7. The van der Waals surface area contributed by atoms with Gasteiger partial charge in [0.05, 0.1) is 0 Å². The van der Waals surface area contributed by atoms with Crippen LogP contribution in [0.1, 0.15) is 59.3 Å². The van der Waals surface area contributed by atoms with Crippen molar-refractivity contribution < 1.29 is 4.65 Å². The molecule has 0 unspecified atom stereocenters. The maximum Gasteiger partial charge on any atom is 0.300 e. The average molecular weight is 300 g/mol. The van der Waals surface area contributed by atoms with Crippen LogP contribution in [0.4, 0.5) is 0 Å². The van der Waals surface area contributed by atoms with E-state index in [0.717, 1.165) is 53.7 Å². The summed E-state index contributed by atoms with van der Waals surface area (Å²) in [5, 5.41) is 0. The van der Waals surface area contributed by atoms with Crippen molar-refractivity contribution in [2.45, 2.75) is 70.9 Å². The van der Waals surface area contributed by atoms with Crippen molar-refractivity contribution in [1.29, 1.82) is 0 Å². The van der Waals surface area contributed by atoms with E-state index in [1.807, 2.05) is 0 Å². The quantitative estimate of drug-likeness (QED) is 0.485. The summed E-state index contributed by atoms with van der Waals surface area (Å²) in [7, 11) is 0. The van der Waals surface area contributed by atoms with Gasteiger partial charge in [0.25, 0.3) is 0 Å². The lowest BCUT2D eigenvalue weighted by molar-refractivity contribution is 0.256. The highest BCUT2D eigenvalue weighted by Gasteiger charge is 2.59. The van der Waals surface area contributed by atoms with E-state index >= 15 is 0 Å². The van der Waals surface area contributed by atoms with Gasteiger partial charge < -0.3 is 4.65 Å². The Balaban J connectivity index is 1.55. The SMILES string of the molecule is C/C=C/COB([C@H]1[C@@H]2C[C@@H]2CC[C@@H]1C)[C@H]1[C@@H]2C[C@@H]2CC[C@@H]1C. The van der Waals surface area contributed by atoms with Crippen LogP contribution in [0.2, 0.25) is 11.6 Å². The van der Waals surface area contributed by atoms with Gasteiger partial charge >= 0.3 is 6.92 Å². The van der Waals surface area contributed by atoms with Crippen molar-refractivity contribution in [3.05, 3.63) is 12.2 Å². The molecule has 0 aromatic carbocycles. The molecule has 4 aliphatic rings. The Hall–Kier alpha value is -0.235. The smallest absolute Gasteiger partial charge is 0.300 e. The molecule has 0 aromatic rings. The minimum Gasteiger partial charge on any atom is -0.432 e. The monoisotopic (exact) mass is 300 g/mol. The van der Waals surface area contributed by atoms with E-state index in [1.54, 1.807) is 0 Å². The summed E-state index contributed by atoms with van der Waals surface area (Å²) in [6.07, 6.45) is 13.3. The first-order valence-electron chi connectivity index (χ1n) is 9.93. The third kappa shape index (κ3) is 2.70. The van der Waals surface area contributed by atoms with Crippen molar-refractivity contribution in [2.24, 2.45) is 35.5 Å². The van der Waals surface area contributed by atoms with Gasteiger partial charge in [-0.25, -0.2) is 0 Å². The molecule has 4 saturated carbocycles. The lowest BCUT2D eigenvalue weighted by atomic mass is 9.37. The van der Waals surface area contributed by atoms with Crippen LogP contribution in [-0.4, -0.2) is 13.5 Å². The number of hydrogen-bond donors (Lipinski definition) is 0. The molecule has 0 aromatic heterocycles. The third-order valence-corrected chi connectivity index (χ3v) is 7.62. The summed E-state index contributed by atoms with van der Waals surface area (Å²) >= 11 is 0. The first-order chi connectivity index (χ1) is 10.7. The third-order valence-electron chi connectivity index (χ3n) is 7.62. The molecular weight excluding hydrogens is 267 g/mol. The number of allylic oxidation sites excluding steroid dienone is 1. The summed E-state index contributed by atoms with van der Waals surface area (Å²) in [5.74, 6) is 7.60. The topological polar surface area (TPSA) is 9.23 Å². The lowest BCUT2D eigenvalue weighted by Crippen LogP contribution is -2.41. The molecule has 0 bridgehead atoms. The minimum absolute atomic E-state index is 0.548. The van der Waals surface area contributed by atoms with E-state index in [2.05, 4.69) is 32.9 Å². The molecule has 0 aliphatic heterocycles. The number of hydrogen-bond acceptors (Lipinski definition) is 1. The Labute approximate surface area is 137 Å². The van der Waals surface area contributed by atoms with Crippen LogP contribution in [-0.2, 0) is 4.65 Å². The maximum absolute atomic E-state index is 6.61. The maximum atomic E-state index is 6.61. The molecule has 8 atom stereocenters. The normalized spacial score (nSPS) is 49.6. The molecule has 4 aliphatic carbocycles. The molecule has 0 spiro atoms. The predicted molar refractivity (Wildman–Crippen MR) is 94.0 cm³/mol. The zero-order valence-electron chi connectivity index (χ0n) is 14.7. The minimum atomic E-state index is 0.548. The molecule has 122 valence electrons. The molecule has 4 rings (SSSR count). The Morgan fingerprint density at radius 2 is 1.45 bits per heavy atom. The van der Waals surface area contributed by atoms with E-state index in [4.69, 9.17) is 4.65 Å². The van der Waals surface area contributed by atoms with Crippen molar-refractivity contribution in [2.75, 3.05) is 6.61 Å². The van der Waals surface area contributed by atoms with E-state index in [9.17, 15) is 0 Å². The second-order valence-electron chi connectivity index (χ2n) is 8.95. The fraction of sp³-hybridized carbons (Fsp3) is 0.900. The van der Waals surface area contributed by atoms with Gasteiger partial charge in [-0.05, 0) is 79.7 Å². The highest BCUT2D eigenvalue weighted by Crippen LogP contribution is 2.65. The number of rotatable bonds is 5. The van der Waals surface area contributed by atoms with E-state index in [1.165, 1.54) is 38.5 Å². The van der Waals surface area contributed by atoms with E-state index in [0.29, 0.717) is 6.92 Å². The highest BCUT2D eigenvalue weighted by molar-refractivity contribution is 6.56. The summed E-state index contributed by atoms with van der Waals surface area (Å²) in [5.41, 5.74) is 0. The average Bonchev–Trinajstić information content (AvgIpc) is 3.39. The molecule has 22 heavy (non-hydrogen) atoms. The van der Waals surface area contributed by atoms with Crippen LogP contribution in [0.25, 0.3) is 0 Å². The van der Waals surface area contributed by atoms with Gasteiger partial charge in [-0.2, -0.15) is 0 Å². The Bertz CT molecular complexity index is 397. The lowest BCUT2D eigenvalue weighted by Gasteiger charge is -2.40. The molecule has 0 N–H and O–H groups in total. The molecule has 2 heteroatoms. The van der Waals surface area contributed by atoms with Gasteiger partial charge in [-0.1, -0.05) is 38.8 Å². The second kappa shape index (κ2) is 6.00. The van der Waals surface area contributed by atoms with Crippen LogP contribution in [0.15, 0.2) is 12.2 Å².